The van der Waals surface area contributed by atoms with E-state index in [2.05, 4.69) is 21.2 Å². The van der Waals surface area contributed by atoms with Crippen LogP contribution in [0.5, 0.6) is 0 Å². The van der Waals surface area contributed by atoms with Gasteiger partial charge < -0.3 is 5.32 Å². The van der Waals surface area contributed by atoms with Gasteiger partial charge in [0, 0.05) is 16.2 Å². The average Bonchev–Trinajstić information content (AvgIpc) is 2.37. The quantitative estimate of drug-likeness (QED) is 0.754. The highest BCUT2D eigenvalue weighted by Crippen LogP contribution is 2.34. The molecule has 0 saturated heterocycles. The number of hydrogen-bond donors (Lipinski definition) is 1. The highest BCUT2D eigenvalue weighted by atomic mass is 79.9. The molecule has 1 N–H and O–H groups in total. The minimum absolute atomic E-state index is 0.0138. The summed E-state index contributed by atoms with van der Waals surface area (Å²) in [4.78, 5) is 12.0. The molecule has 0 radical (unpaired) electrons. The first-order valence-electron chi connectivity index (χ1n) is 5.44. The smallest absolute Gasteiger partial charge is 0.344 e. The maximum atomic E-state index is 12.9. The average molecular weight is 393 g/mol. The van der Waals surface area contributed by atoms with Gasteiger partial charge in [0.2, 0.25) is 0 Å². The van der Waals surface area contributed by atoms with Gasteiger partial charge in [0.25, 0.3) is 5.91 Å². The lowest BCUT2D eigenvalue weighted by Gasteiger charge is -2.26. The minimum Gasteiger partial charge on any atom is -0.344 e. The molecular weight excluding hydrogens is 382 g/mol. The molecule has 0 saturated carbocycles. The molecule has 20 heavy (non-hydrogen) atoms. The fourth-order valence-corrected chi connectivity index (χ4v) is 2.17. The zero-order chi connectivity index (χ0) is 15.6. The van der Waals surface area contributed by atoms with Gasteiger partial charge in [0.05, 0.1) is 16.7 Å². The molecular formula is C12H11BrCl2F3NO. The Balaban J connectivity index is 3.17. The minimum atomic E-state index is -4.63. The summed E-state index contributed by atoms with van der Waals surface area (Å²) in [6.45, 7) is 1.55. The lowest BCUT2D eigenvalue weighted by molar-refractivity contribution is -0.138. The second-order valence-electron chi connectivity index (χ2n) is 4.47. The molecule has 2 nitrogen and oxygen atoms in total. The first-order valence-corrected chi connectivity index (χ1v) is 7.30. The van der Waals surface area contributed by atoms with Gasteiger partial charge in [-0.2, -0.15) is 13.2 Å². The van der Waals surface area contributed by atoms with Crippen molar-refractivity contribution in [2.45, 2.75) is 18.6 Å². The summed E-state index contributed by atoms with van der Waals surface area (Å²) in [5.74, 6) is -0.895. The molecule has 0 aromatic heterocycles. The van der Waals surface area contributed by atoms with Gasteiger partial charge >= 0.3 is 6.18 Å². The summed E-state index contributed by atoms with van der Waals surface area (Å²) >= 11 is 14.3. The maximum absolute atomic E-state index is 12.9. The van der Waals surface area contributed by atoms with Gasteiger partial charge in [-0.1, -0.05) is 15.9 Å². The lowest BCUT2D eigenvalue weighted by Crippen LogP contribution is -2.49. The first kappa shape index (κ1) is 17.6. The highest BCUT2D eigenvalue weighted by molar-refractivity contribution is 9.10. The second kappa shape index (κ2) is 6.54. The molecule has 1 aromatic rings. The van der Waals surface area contributed by atoms with Crippen LogP contribution in [0.1, 0.15) is 22.8 Å². The summed E-state index contributed by atoms with van der Waals surface area (Å²) in [6.07, 6.45) is -4.63. The van der Waals surface area contributed by atoms with Gasteiger partial charge in [-0.15, -0.1) is 23.2 Å². The van der Waals surface area contributed by atoms with Crippen molar-refractivity contribution >= 4 is 45.0 Å². The van der Waals surface area contributed by atoms with E-state index in [1.165, 1.54) is 6.07 Å². The third-order valence-corrected chi connectivity index (χ3v) is 4.21. The van der Waals surface area contributed by atoms with E-state index >= 15 is 0 Å². The van der Waals surface area contributed by atoms with Crippen LogP contribution in [0, 0.1) is 0 Å². The monoisotopic (exact) mass is 391 g/mol. The van der Waals surface area contributed by atoms with Gasteiger partial charge in [0.15, 0.2) is 0 Å². The van der Waals surface area contributed by atoms with Gasteiger partial charge in [-0.25, -0.2) is 0 Å². The van der Waals surface area contributed by atoms with Crippen LogP contribution in [-0.2, 0) is 6.18 Å². The Bertz CT molecular complexity index is 504. The molecule has 1 amide bonds. The number of halogens is 6. The van der Waals surface area contributed by atoms with E-state index in [0.29, 0.717) is 0 Å². The molecule has 0 bridgehead atoms. The molecule has 0 atom stereocenters. The van der Waals surface area contributed by atoms with E-state index in [1.54, 1.807) is 6.92 Å². The van der Waals surface area contributed by atoms with E-state index in [4.69, 9.17) is 23.2 Å². The van der Waals surface area contributed by atoms with Crippen LogP contribution in [0.3, 0.4) is 0 Å². The molecule has 0 heterocycles. The summed E-state index contributed by atoms with van der Waals surface area (Å²) < 4.78 is 39.0. The summed E-state index contributed by atoms with van der Waals surface area (Å²) in [5, 5.41) is 2.42. The zero-order valence-electron chi connectivity index (χ0n) is 10.3. The second-order valence-corrected chi connectivity index (χ2v) is 5.92. The highest BCUT2D eigenvalue weighted by Gasteiger charge is 2.36. The van der Waals surface area contributed by atoms with Crippen LogP contribution >= 0.6 is 39.1 Å². The van der Waals surface area contributed by atoms with Crippen molar-refractivity contribution in [2.24, 2.45) is 0 Å². The number of alkyl halides is 5. The SMILES string of the molecule is CC(CCl)(CCl)NC(=O)c1ccc(Br)cc1C(F)(F)F. The number of amides is 1. The number of carbonyl (C=O) groups excluding carboxylic acids is 1. The van der Waals surface area contributed by atoms with Crippen molar-refractivity contribution in [2.75, 3.05) is 11.8 Å². The van der Waals surface area contributed by atoms with Crippen molar-refractivity contribution in [3.05, 3.63) is 33.8 Å². The third kappa shape index (κ3) is 4.27. The Morgan fingerprint density at radius 3 is 2.30 bits per heavy atom. The largest absolute Gasteiger partial charge is 0.417 e. The summed E-state index contributed by atoms with van der Waals surface area (Å²) in [5.41, 5.74) is -2.46. The Hall–Kier alpha value is -0.460. The number of carbonyl (C=O) groups is 1. The molecule has 8 heteroatoms. The van der Waals surface area contributed by atoms with Crippen molar-refractivity contribution in [3.63, 3.8) is 0 Å². The van der Waals surface area contributed by atoms with Crippen molar-refractivity contribution in [1.82, 2.24) is 5.32 Å². The fraction of sp³-hybridized carbons (Fsp3) is 0.417. The van der Waals surface area contributed by atoms with E-state index < -0.39 is 28.7 Å². The maximum Gasteiger partial charge on any atom is 0.417 e. The molecule has 1 aromatic carbocycles. The zero-order valence-corrected chi connectivity index (χ0v) is 13.4. The standard InChI is InChI=1S/C12H11BrCl2F3NO/c1-11(5-14,6-15)19-10(20)8-3-2-7(13)4-9(8)12(16,17)18/h2-4H,5-6H2,1H3,(H,19,20). The number of nitrogens with one attached hydrogen (secondary N) is 1. The van der Waals surface area contributed by atoms with Crippen molar-refractivity contribution in [1.29, 1.82) is 0 Å². The lowest BCUT2D eigenvalue weighted by atomic mass is 10.0. The van der Waals surface area contributed by atoms with Gasteiger partial charge in [-0.3, -0.25) is 4.79 Å². The summed E-state index contributed by atoms with van der Waals surface area (Å²) in [7, 11) is 0. The van der Waals surface area contributed by atoms with Crippen LogP contribution in [0.2, 0.25) is 0 Å². The van der Waals surface area contributed by atoms with Gasteiger partial charge in [0.1, 0.15) is 0 Å². The molecule has 0 aliphatic carbocycles. The van der Waals surface area contributed by atoms with E-state index in [-0.39, 0.29) is 16.2 Å². The van der Waals surface area contributed by atoms with E-state index in [0.717, 1.165) is 12.1 Å². The van der Waals surface area contributed by atoms with Gasteiger partial charge in [-0.05, 0) is 25.1 Å². The van der Waals surface area contributed by atoms with Crippen LogP contribution < -0.4 is 5.32 Å². The van der Waals surface area contributed by atoms with Crippen LogP contribution in [0.25, 0.3) is 0 Å². The molecule has 0 aliphatic rings. The first-order chi connectivity index (χ1) is 9.13. The van der Waals surface area contributed by atoms with Crippen molar-refractivity contribution in [3.8, 4) is 0 Å². The fourth-order valence-electron chi connectivity index (χ4n) is 1.39. The molecule has 1 rings (SSSR count). The third-order valence-electron chi connectivity index (χ3n) is 2.54. The predicted molar refractivity (Wildman–Crippen MR) is 76.5 cm³/mol. The van der Waals surface area contributed by atoms with Crippen LogP contribution in [0.4, 0.5) is 13.2 Å². The summed E-state index contributed by atoms with van der Waals surface area (Å²) in [6, 6.07) is 3.32. The van der Waals surface area contributed by atoms with Crippen molar-refractivity contribution < 1.29 is 18.0 Å². The molecule has 0 fully saturated rings. The Labute approximate surface area is 132 Å². The normalized spacial score (nSPS) is 12.3. The number of hydrogen-bond acceptors (Lipinski definition) is 1. The molecule has 0 spiro atoms. The van der Waals surface area contributed by atoms with E-state index in [9.17, 15) is 18.0 Å². The Morgan fingerprint density at radius 2 is 1.85 bits per heavy atom. The van der Waals surface area contributed by atoms with Crippen LogP contribution in [0.15, 0.2) is 22.7 Å². The Kier molecular flexibility index (Phi) is 5.75. The van der Waals surface area contributed by atoms with E-state index in [1.807, 2.05) is 0 Å². The predicted octanol–water partition coefficient (Wildman–Crippen LogP) is 4.43. The molecule has 112 valence electrons. The van der Waals surface area contributed by atoms with Crippen LogP contribution in [-0.4, -0.2) is 23.2 Å². The molecule has 0 unspecified atom stereocenters. The Morgan fingerprint density at radius 1 is 1.30 bits per heavy atom. The topological polar surface area (TPSA) is 29.1 Å². The number of benzene rings is 1. The molecule has 0 aliphatic heterocycles. The number of rotatable bonds is 4.